The number of amides is 3. The highest BCUT2D eigenvalue weighted by Gasteiger charge is 2.33. The molecule has 1 saturated carbocycles. The van der Waals surface area contributed by atoms with E-state index in [-0.39, 0.29) is 23.6 Å². The molecule has 0 spiro atoms. The molecule has 31 heavy (non-hydrogen) atoms. The highest BCUT2D eigenvalue weighted by atomic mass is 16.2. The molecular weight excluding hydrogens is 390 g/mol. The molecule has 0 aromatic heterocycles. The molecule has 4 rings (SSSR count). The molecule has 0 unspecified atom stereocenters. The third kappa shape index (κ3) is 4.95. The Morgan fingerprint density at radius 1 is 1.03 bits per heavy atom. The van der Waals surface area contributed by atoms with E-state index in [9.17, 15) is 14.4 Å². The molecule has 1 heterocycles. The number of hydrogen-bond acceptors (Lipinski definition) is 3. The molecule has 3 amide bonds. The number of fused-ring (bicyclic) bond motifs is 1. The largest absolute Gasteiger partial charge is 0.352 e. The number of benzene rings is 2. The summed E-state index contributed by atoms with van der Waals surface area (Å²) in [6.07, 6.45) is 3.73. The average molecular weight is 420 g/mol. The third-order valence-corrected chi connectivity index (χ3v) is 6.10. The van der Waals surface area contributed by atoms with Crippen molar-refractivity contribution < 1.29 is 14.4 Å². The fraction of sp³-hybridized carbons (Fsp3) is 0.400. The molecule has 0 radical (unpaired) electrons. The zero-order valence-corrected chi connectivity index (χ0v) is 18.0. The second kappa shape index (κ2) is 9.33. The molecule has 6 nitrogen and oxygen atoms in total. The second-order valence-electron chi connectivity index (χ2n) is 8.38. The molecule has 2 aliphatic rings. The summed E-state index contributed by atoms with van der Waals surface area (Å²) in [6.45, 7) is 1.83. The van der Waals surface area contributed by atoms with Gasteiger partial charge in [-0.3, -0.25) is 14.4 Å². The van der Waals surface area contributed by atoms with Gasteiger partial charge in [-0.05, 0) is 48.9 Å². The van der Waals surface area contributed by atoms with Crippen molar-refractivity contribution in [1.82, 2.24) is 10.2 Å². The predicted octanol–water partition coefficient (Wildman–Crippen LogP) is 3.15. The van der Waals surface area contributed by atoms with Crippen LogP contribution in [0.3, 0.4) is 0 Å². The third-order valence-electron chi connectivity index (χ3n) is 6.10. The molecule has 2 aromatic rings. The number of carbonyl (C=O) groups excluding carboxylic acids is 3. The molecule has 1 N–H and O–H groups in total. The summed E-state index contributed by atoms with van der Waals surface area (Å²) < 4.78 is 0. The number of carbonyl (C=O) groups is 3. The number of para-hydroxylation sites is 1. The molecule has 0 bridgehead atoms. The smallest absolute Gasteiger partial charge is 0.253 e. The quantitative estimate of drug-likeness (QED) is 0.701. The van der Waals surface area contributed by atoms with Gasteiger partial charge in [0.2, 0.25) is 11.8 Å². The number of hydrogen-bond donors (Lipinski definition) is 1. The van der Waals surface area contributed by atoms with Gasteiger partial charge < -0.3 is 15.1 Å². The van der Waals surface area contributed by atoms with Crippen LogP contribution in [0.15, 0.2) is 48.5 Å². The maximum absolute atomic E-state index is 12.7. The second-order valence-corrected chi connectivity index (χ2v) is 8.38. The lowest BCUT2D eigenvalue weighted by Crippen LogP contribution is -2.36. The minimum atomic E-state index is -0.217. The van der Waals surface area contributed by atoms with Crippen molar-refractivity contribution in [2.45, 2.75) is 38.6 Å². The van der Waals surface area contributed by atoms with Crippen LogP contribution < -0.4 is 10.2 Å². The predicted molar refractivity (Wildman–Crippen MR) is 120 cm³/mol. The number of rotatable bonds is 7. The Bertz CT molecular complexity index is 983. The van der Waals surface area contributed by atoms with Crippen LogP contribution in [-0.4, -0.2) is 42.8 Å². The van der Waals surface area contributed by atoms with Crippen LogP contribution in [0.5, 0.6) is 0 Å². The molecule has 162 valence electrons. The van der Waals surface area contributed by atoms with Crippen molar-refractivity contribution in [3.8, 4) is 0 Å². The van der Waals surface area contributed by atoms with Gasteiger partial charge in [0.1, 0.15) is 0 Å². The first-order valence-corrected chi connectivity index (χ1v) is 11.0. The van der Waals surface area contributed by atoms with Crippen LogP contribution in [0, 0.1) is 5.92 Å². The number of nitrogens with one attached hydrogen (secondary N) is 1. The zero-order chi connectivity index (χ0) is 21.8. The molecular formula is C25H29N3O3. The van der Waals surface area contributed by atoms with Crippen molar-refractivity contribution in [2.75, 3.05) is 25.0 Å². The van der Waals surface area contributed by atoms with Crippen molar-refractivity contribution in [3.05, 3.63) is 65.2 Å². The van der Waals surface area contributed by atoms with Crippen molar-refractivity contribution in [1.29, 1.82) is 0 Å². The molecule has 2 aromatic carbocycles. The standard InChI is InChI=1S/C25H29N3O3/c1-27(25(31)19-12-13-19)22-10-5-4-9-21(22)24(30)26-15-6-11-23(29)28-16-14-18-7-2-3-8-20(18)17-28/h2-5,7-10,19H,6,11-17H2,1H3,(H,26,30). The SMILES string of the molecule is CN(C(=O)C1CC1)c1ccccc1C(=O)NCCCC(=O)N1CCc2ccccc2C1. The number of anilines is 1. The molecule has 1 fully saturated rings. The van der Waals surface area contributed by atoms with E-state index in [4.69, 9.17) is 0 Å². The van der Waals surface area contributed by atoms with Gasteiger partial charge in [0, 0.05) is 39.0 Å². The van der Waals surface area contributed by atoms with Crippen molar-refractivity contribution >= 4 is 23.4 Å². The monoisotopic (exact) mass is 419 g/mol. The Kier molecular flexibility index (Phi) is 6.35. The van der Waals surface area contributed by atoms with Crippen LogP contribution in [0.25, 0.3) is 0 Å². The highest BCUT2D eigenvalue weighted by Crippen LogP contribution is 2.33. The minimum Gasteiger partial charge on any atom is -0.352 e. The zero-order valence-electron chi connectivity index (χ0n) is 18.0. The van der Waals surface area contributed by atoms with Gasteiger partial charge in [0.05, 0.1) is 11.3 Å². The summed E-state index contributed by atoms with van der Waals surface area (Å²) in [6, 6.07) is 15.4. The maximum atomic E-state index is 12.7. The van der Waals surface area contributed by atoms with Gasteiger partial charge >= 0.3 is 0 Å². The first kappa shape index (κ1) is 21.1. The summed E-state index contributed by atoms with van der Waals surface area (Å²) in [5.74, 6) is 0.0622. The van der Waals surface area contributed by atoms with Crippen molar-refractivity contribution in [3.63, 3.8) is 0 Å². The van der Waals surface area contributed by atoms with Crippen LogP contribution in [0.2, 0.25) is 0 Å². The first-order chi connectivity index (χ1) is 15.0. The molecule has 6 heteroatoms. The minimum absolute atomic E-state index is 0.0638. The van der Waals surface area contributed by atoms with Crippen LogP contribution in [0.4, 0.5) is 5.69 Å². The summed E-state index contributed by atoms with van der Waals surface area (Å²) in [5.41, 5.74) is 3.65. The lowest BCUT2D eigenvalue weighted by Gasteiger charge is -2.29. The van der Waals surface area contributed by atoms with Gasteiger partial charge in [-0.15, -0.1) is 0 Å². The van der Waals surface area contributed by atoms with E-state index in [1.54, 1.807) is 30.1 Å². The average Bonchev–Trinajstić information content (AvgIpc) is 3.66. The van der Waals surface area contributed by atoms with Gasteiger partial charge in [-0.1, -0.05) is 36.4 Å². The van der Waals surface area contributed by atoms with Crippen LogP contribution in [0.1, 0.15) is 47.2 Å². The number of nitrogens with zero attached hydrogens (tertiary/aromatic N) is 2. The van der Waals surface area contributed by atoms with E-state index in [1.165, 1.54) is 11.1 Å². The lowest BCUT2D eigenvalue weighted by molar-refractivity contribution is -0.132. The van der Waals surface area contributed by atoms with Crippen LogP contribution >= 0.6 is 0 Å². The molecule has 1 aliphatic heterocycles. The Hall–Kier alpha value is -3.15. The summed E-state index contributed by atoms with van der Waals surface area (Å²) in [4.78, 5) is 41.2. The maximum Gasteiger partial charge on any atom is 0.253 e. The first-order valence-electron chi connectivity index (χ1n) is 11.0. The van der Waals surface area contributed by atoms with Gasteiger partial charge in [0.25, 0.3) is 5.91 Å². The fourth-order valence-corrected chi connectivity index (χ4v) is 4.08. The van der Waals surface area contributed by atoms with Gasteiger partial charge in [-0.25, -0.2) is 0 Å². The Morgan fingerprint density at radius 3 is 2.52 bits per heavy atom. The summed E-state index contributed by atoms with van der Waals surface area (Å²) in [5, 5.41) is 2.90. The van der Waals surface area contributed by atoms with E-state index in [2.05, 4.69) is 17.4 Å². The van der Waals surface area contributed by atoms with E-state index in [0.717, 1.165) is 25.8 Å². The fourth-order valence-electron chi connectivity index (χ4n) is 4.08. The van der Waals surface area contributed by atoms with E-state index < -0.39 is 0 Å². The lowest BCUT2D eigenvalue weighted by atomic mass is 9.99. The van der Waals surface area contributed by atoms with Gasteiger partial charge in [-0.2, -0.15) is 0 Å². The van der Waals surface area contributed by atoms with Gasteiger partial charge in [0.15, 0.2) is 0 Å². The van der Waals surface area contributed by atoms with Crippen molar-refractivity contribution in [2.24, 2.45) is 5.92 Å². The van der Waals surface area contributed by atoms with E-state index in [0.29, 0.717) is 37.2 Å². The summed E-state index contributed by atoms with van der Waals surface area (Å²) >= 11 is 0. The Labute approximate surface area is 183 Å². The molecule has 0 atom stereocenters. The van der Waals surface area contributed by atoms with E-state index >= 15 is 0 Å². The summed E-state index contributed by atoms with van der Waals surface area (Å²) in [7, 11) is 1.72. The van der Waals surface area contributed by atoms with E-state index in [1.807, 2.05) is 23.1 Å². The Balaban J connectivity index is 1.26. The Morgan fingerprint density at radius 2 is 1.74 bits per heavy atom. The highest BCUT2D eigenvalue weighted by molar-refractivity contribution is 6.05. The normalized spacial score (nSPS) is 15.2. The molecule has 0 saturated heterocycles. The topological polar surface area (TPSA) is 69.7 Å². The van der Waals surface area contributed by atoms with Crippen LogP contribution in [-0.2, 0) is 22.6 Å². The molecule has 1 aliphatic carbocycles.